The molecule has 0 atom stereocenters. The van der Waals surface area contributed by atoms with Gasteiger partial charge in [-0.2, -0.15) is 5.26 Å². The predicted molar refractivity (Wildman–Crippen MR) is 45.2 cm³/mol. The van der Waals surface area contributed by atoms with Gasteiger partial charge in [-0.25, -0.2) is 4.39 Å². The first kappa shape index (κ1) is 8.51. The Hall–Kier alpha value is -2.09. The van der Waals surface area contributed by atoms with Crippen molar-refractivity contribution < 1.29 is 13.9 Å². The third kappa shape index (κ3) is 1.27. The highest BCUT2D eigenvalue weighted by molar-refractivity contribution is 5.95. The number of halogens is 1. The fourth-order valence-corrected chi connectivity index (χ4v) is 1.22. The second-order valence-corrected chi connectivity index (χ2v) is 2.78. The summed E-state index contributed by atoms with van der Waals surface area (Å²) in [7, 11) is 0. The molecule has 2 rings (SSSR count). The molecule has 0 fully saturated rings. The van der Waals surface area contributed by atoms with Crippen molar-refractivity contribution in [1.29, 1.82) is 5.26 Å². The highest BCUT2D eigenvalue weighted by Gasteiger charge is 2.20. The smallest absolute Gasteiger partial charge is 0.262 e. The number of ether oxygens (including phenoxy) is 1. The Morgan fingerprint density at radius 3 is 3.07 bits per heavy atom. The minimum atomic E-state index is -0.640. The van der Waals surface area contributed by atoms with Crippen LogP contribution in [0.3, 0.4) is 0 Å². The SMILES string of the molecule is N#Cc1cc(F)c2c(c1)NC(=O)CO2. The first-order chi connectivity index (χ1) is 6.70. The molecule has 0 spiro atoms. The van der Waals surface area contributed by atoms with Crippen LogP contribution in [0.15, 0.2) is 12.1 Å². The molecule has 0 aliphatic carbocycles. The Bertz CT molecular complexity index is 451. The van der Waals surface area contributed by atoms with E-state index in [1.165, 1.54) is 6.07 Å². The van der Waals surface area contributed by atoms with Crippen molar-refractivity contribution in [3.63, 3.8) is 0 Å². The summed E-state index contributed by atoms with van der Waals surface area (Å²) in [6.07, 6.45) is 0. The zero-order valence-corrected chi connectivity index (χ0v) is 7.00. The van der Waals surface area contributed by atoms with Crippen molar-refractivity contribution in [2.24, 2.45) is 0 Å². The number of carbonyl (C=O) groups excluding carboxylic acids is 1. The quantitative estimate of drug-likeness (QED) is 0.667. The van der Waals surface area contributed by atoms with E-state index in [1.807, 2.05) is 0 Å². The van der Waals surface area contributed by atoms with Crippen LogP contribution in [0.4, 0.5) is 10.1 Å². The van der Waals surface area contributed by atoms with Crippen LogP contribution in [0.1, 0.15) is 5.56 Å². The Kier molecular flexibility index (Phi) is 1.82. The number of anilines is 1. The van der Waals surface area contributed by atoms with Gasteiger partial charge in [0.2, 0.25) is 0 Å². The van der Waals surface area contributed by atoms with Crippen molar-refractivity contribution in [2.75, 3.05) is 11.9 Å². The summed E-state index contributed by atoms with van der Waals surface area (Å²) >= 11 is 0. The van der Waals surface area contributed by atoms with Crippen LogP contribution < -0.4 is 10.1 Å². The second kappa shape index (κ2) is 3.00. The molecule has 1 heterocycles. The molecule has 1 N–H and O–H groups in total. The molecule has 1 aromatic rings. The molecule has 14 heavy (non-hydrogen) atoms. The Balaban J connectivity index is 2.55. The van der Waals surface area contributed by atoms with Crippen molar-refractivity contribution in [3.8, 4) is 11.8 Å². The van der Waals surface area contributed by atoms with Gasteiger partial charge < -0.3 is 10.1 Å². The van der Waals surface area contributed by atoms with Gasteiger partial charge in [0.1, 0.15) is 0 Å². The van der Waals surface area contributed by atoms with E-state index < -0.39 is 5.82 Å². The number of rotatable bonds is 0. The van der Waals surface area contributed by atoms with Crippen molar-refractivity contribution in [3.05, 3.63) is 23.5 Å². The normalized spacial score (nSPS) is 13.6. The fourth-order valence-electron chi connectivity index (χ4n) is 1.22. The maximum Gasteiger partial charge on any atom is 0.262 e. The standard InChI is InChI=1S/C9H5FN2O2/c10-6-1-5(3-11)2-7-9(6)14-4-8(13)12-7/h1-2H,4H2,(H,12,13). The van der Waals surface area contributed by atoms with E-state index in [2.05, 4.69) is 5.32 Å². The number of nitriles is 1. The Morgan fingerprint density at radius 2 is 2.36 bits per heavy atom. The molecule has 1 aliphatic heterocycles. The van der Waals surface area contributed by atoms with Gasteiger partial charge in [-0.15, -0.1) is 0 Å². The number of nitrogens with zero attached hydrogens (tertiary/aromatic N) is 1. The van der Waals surface area contributed by atoms with Crippen molar-refractivity contribution >= 4 is 11.6 Å². The minimum absolute atomic E-state index is 0.0106. The monoisotopic (exact) mass is 192 g/mol. The van der Waals surface area contributed by atoms with Crippen LogP contribution in [0.5, 0.6) is 5.75 Å². The molecule has 0 saturated heterocycles. The number of nitrogens with one attached hydrogen (secondary N) is 1. The van der Waals surface area contributed by atoms with Crippen LogP contribution in [0.2, 0.25) is 0 Å². The Labute approximate surface area is 78.9 Å². The Morgan fingerprint density at radius 1 is 1.57 bits per heavy atom. The topological polar surface area (TPSA) is 62.1 Å². The largest absolute Gasteiger partial charge is 0.478 e. The number of carbonyl (C=O) groups is 1. The molecule has 0 unspecified atom stereocenters. The average molecular weight is 192 g/mol. The average Bonchev–Trinajstić information content (AvgIpc) is 2.16. The fraction of sp³-hybridized carbons (Fsp3) is 0.111. The van der Waals surface area contributed by atoms with E-state index in [9.17, 15) is 9.18 Å². The third-order valence-corrected chi connectivity index (χ3v) is 1.79. The lowest BCUT2D eigenvalue weighted by molar-refractivity contribution is -0.118. The summed E-state index contributed by atoms with van der Waals surface area (Å²) in [4.78, 5) is 10.9. The molecule has 4 nitrogen and oxygen atoms in total. The zero-order valence-electron chi connectivity index (χ0n) is 7.00. The molecule has 0 saturated carbocycles. The molecule has 1 aromatic carbocycles. The number of hydrogen-bond acceptors (Lipinski definition) is 3. The van der Waals surface area contributed by atoms with Crippen molar-refractivity contribution in [1.82, 2.24) is 0 Å². The van der Waals surface area contributed by atoms with E-state index in [4.69, 9.17) is 10.00 Å². The predicted octanol–water partition coefficient (Wildman–Crippen LogP) is 1.03. The van der Waals surface area contributed by atoms with Crippen LogP contribution in [-0.2, 0) is 4.79 Å². The number of benzene rings is 1. The first-order valence-corrected chi connectivity index (χ1v) is 3.87. The van der Waals surface area contributed by atoms with Gasteiger partial charge in [0.15, 0.2) is 18.2 Å². The van der Waals surface area contributed by atoms with Gasteiger partial charge in [-0.3, -0.25) is 4.79 Å². The lowest BCUT2D eigenvalue weighted by Crippen LogP contribution is -2.26. The summed E-state index contributed by atoms with van der Waals surface area (Å²) in [5, 5.41) is 11.0. The van der Waals surface area contributed by atoms with Crippen LogP contribution in [0, 0.1) is 17.1 Å². The molecule has 70 valence electrons. The lowest BCUT2D eigenvalue weighted by Gasteiger charge is -2.18. The van der Waals surface area contributed by atoms with Gasteiger partial charge in [0.05, 0.1) is 17.3 Å². The number of hydrogen-bond donors (Lipinski definition) is 1. The molecule has 0 bridgehead atoms. The summed E-state index contributed by atoms with van der Waals surface area (Å²) in [6.45, 7) is -0.199. The third-order valence-electron chi connectivity index (χ3n) is 1.79. The summed E-state index contributed by atoms with van der Waals surface area (Å²) < 4.78 is 18.1. The lowest BCUT2D eigenvalue weighted by atomic mass is 10.2. The van der Waals surface area contributed by atoms with E-state index >= 15 is 0 Å². The number of amides is 1. The molecule has 0 radical (unpaired) electrons. The molecular weight excluding hydrogens is 187 g/mol. The summed E-state index contributed by atoms with van der Waals surface area (Å²) in [5.74, 6) is -1.00. The van der Waals surface area contributed by atoms with E-state index in [0.717, 1.165) is 6.07 Å². The van der Waals surface area contributed by atoms with Gasteiger partial charge >= 0.3 is 0 Å². The van der Waals surface area contributed by atoms with Gasteiger partial charge in [-0.1, -0.05) is 0 Å². The van der Waals surface area contributed by atoms with E-state index in [-0.39, 0.29) is 29.5 Å². The van der Waals surface area contributed by atoms with Crippen LogP contribution >= 0.6 is 0 Å². The van der Waals surface area contributed by atoms with Crippen LogP contribution in [0.25, 0.3) is 0 Å². The van der Waals surface area contributed by atoms with Gasteiger partial charge in [-0.05, 0) is 12.1 Å². The van der Waals surface area contributed by atoms with E-state index in [1.54, 1.807) is 6.07 Å². The van der Waals surface area contributed by atoms with Gasteiger partial charge in [0.25, 0.3) is 5.91 Å². The maximum absolute atomic E-state index is 13.2. The minimum Gasteiger partial charge on any atom is -0.478 e. The second-order valence-electron chi connectivity index (χ2n) is 2.78. The van der Waals surface area contributed by atoms with E-state index in [0.29, 0.717) is 0 Å². The van der Waals surface area contributed by atoms with Crippen LogP contribution in [-0.4, -0.2) is 12.5 Å². The molecule has 1 aliphatic rings. The molecular formula is C9H5FN2O2. The molecule has 1 amide bonds. The highest BCUT2D eigenvalue weighted by Crippen LogP contribution is 2.31. The molecule has 0 aromatic heterocycles. The maximum atomic E-state index is 13.2. The number of fused-ring (bicyclic) bond motifs is 1. The zero-order chi connectivity index (χ0) is 10.1. The van der Waals surface area contributed by atoms with Gasteiger partial charge in [0, 0.05) is 0 Å². The summed E-state index contributed by atoms with van der Waals surface area (Å²) in [5.41, 5.74) is 0.352. The highest BCUT2D eigenvalue weighted by atomic mass is 19.1. The first-order valence-electron chi connectivity index (χ1n) is 3.87. The molecule has 5 heteroatoms. The van der Waals surface area contributed by atoms with Crippen molar-refractivity contribution in [2.45, 2.75) is 0 Å². The summed E-state index contributed by atoms with van der Waals surface area (Å²) in [6, 6.07) is 4.22.